The maximum absolute atomic E-state index is 12.1. The lowest BCUT2D eigenvalue weighted by Gasteiger charge is -2.31. The van der Waals surface area contributed by atoms with Gasteiger partial charge in [-0.05, 0) is 26.2 Å². The van der Waals surface area contributed by atoms with Gasteiger partial charge in [-0.15, -0.1) is 11.3 Å². The fraction of sp³-hybridized carbons (Fsp3) is 0.750. The molecule has 0 aromatic carbocycles. The summed E-state index contributed by atoms with van der Waals surface area (Å²) in [5, 5.41) is 16.1. The maximum atomic E-state index is 12.1. The van der Waals surface area contributed by atoms with Crippen molar-refractivity contribution in [2.45, 2.75) is 51.6 Å². The third-order valence-electron chi connectivity index (χ3n) is 4.23. The Labute approximate surface area is 136 Å². The topological polar surface area (TPSA) is 65.5 Å². The number of aryl methyl sites for hydroxylation is 2. The molecule has 0 unspecified atom stereocenters. The van der Waals surface area contributed by atoms with Gasteiger partial charge in [0.2, 0.25) is 0 Å². The number of nitrogens with one attached hydrogen (secondary N) is 1. The highest BCUT2D eigenvalue weighted by atomic mass is 32.1. The Hall–Kier alpha value is -1.14. The maximum Gasteiger partial charge on any atom is 0.317 e. The van der Waals surface area contributed by atoms with Crippen LogP contribution in [0, 0.1) is 12.8 Å². The standard InChI is InChI=1S/C16H27N3O2S/c1-12-11-22-15(18-12)8-5-9-17-16(21)19(2)10-13-6-3-4-7-14(13)20/h11,13-14,20H,3-10H2,1-2H3,(H,17,21)/t13-,14+/m1/s1. The van der Waals surface area contributed by atoms with Gasteiger partial charge in [0, 0.05) is 43.5 Å². The van der Waals surface area contributed by atoms with Gasteiger partial charge in [0.25, 0.3) is 0 Å². The molecule has 2 amide bonds. The van der Waals surface area contributed by atoms with Crippen molar-refractivity contribution >= 4 is 17.4 Å². The number of aromatic nitrogens is 1. The van der Waals surface area contributed by atoms with Gasteiger partial charge in [-0.3, -0.25) is 0 Å². The van der Waals surface area contributed by atoms with E-state index in [1.807, 2.05) is 6.92 Å². The predicted octanol–water partition coefficient (Wildman–Crippen LogP) is 2.58. The summed E-state index contributed by atoms with van der Waals surface area (Å²) in [7, 11) is 1.81. The SMILES string of the molecule is Cc1csc(CCCNC(=O)N(C)C[C@H]2CCCC[C@@H]2O)n1. The Morgan fingerprint density at radius 3 is 2.95 bits per heavy atom. The van der Waals surface area contributed by atoms with Crippen LogP contribution >= 0.6 is 11.3 Å². The summed E-state index contributed by atoms with van der Waals surface area (Å²) in [5.41, 5.74) is 1.06. The number of aliphatic hydroxyl groups excluding tert-OH is 1. The van der Waals surface area contributed by atoms with Crippen LogP contribution in [0.3, 0.4) is 0 Å². The first-order chi connectivity index (χ1) is 10.6. The molecule has 6 heteroatoms. The van der Waals surface area contributed by atoms with Gasteiger partial charge in [-0.25, -0.2) is 9.78 Å². The molecular weight excluding hydrogens is 298 g/mol. The predicted molar refractivity (Wildman–Crippen MR) is 89.2 cm³/mol. The highest BCUT2D eigenvalue weighted by molar-refractivity contribution is 7.09. The summed E-state index contributed by atoms with van der Waals surface area (Å²) in [5.74, 6) is 0.225. The molecule has 2 rings (SSSR count). The van der Waals surface area contributed by atoms with Crippen molar-refractivity contribution < 1.29 is 9.90 Å². The molecular formula is C16H27N3O2S. The Kier molecular flexibility index (Phi) is 6.64. The van der Waals surface area contributed by atoms with E-state index in [2.05, 4.69) is 15.7 Å². The van der Waals surface area contributed by atoms with Crippen LogP contribution in [-0.4, -0.2) is 47.3 Å². The van der Waals surface area contributed by atoms with Crippen molar-refractivity contribution in [1.82, 2.24) is 15.2 Å². The molecule has 1 aromatic rings. The lowest BCUT2D eigenvalue weighted by Crippen LogP contribution is -2.43. The third kappa shape index (κ3) is 5.25. The van der Waals surface area contributed by atoms with Crippen molar-refractivity contribution in [3.8, 4) is 0 Å². The lowest BCUT2D eigenvalue weighted by atomic mass is 9.86. The number of aliphatic hydroxyl groups is 1. The van der Waals surface area contributed by atoms with Gasteiger partial charge in [-0.2, -0.15) is 0 Å². The number of amides is 2. The largest absolute Gasteiger partial charge is 0.393 e. The minimum Gasteiger partial charge on any atom is -0.393 e. The average Bonchev–Trinajstić information content (AvgIpc) is 2.91. The van der Waals surface area contributed by atoms with Crippen molar-refractivity contribution in [1.29, 1.82) is 0 Å². The normalized spacial score (nSPS) is 21.6. The molecule has 22 heavy (non-hydrogen) atoms. The minimum atomic E-state index is -0.253. The molecule has 124 valence electrons. The first kappa shape index (κ1) is 17.2. The number of rotatable bonds is 6. The highest BCUT2D eigenvalue weighted by Crippen LogP contribution is 2.24. The van der Waals surface area contributed by atoms with Crippen LogP contribution in [0.1, 0.15) is 42.8 Å². The summed E-state index contributed by atoms with van der Waals surface area (Å²) in [6, 6.07) is -0.0481. The highest BCUT2D eigenvalue weighted by Gasteiger charge is 2.25. The van der Waals surface area contributed by atoms with Crippen LogP contribution in [-0.2, 0) is 6.42 Å². The molecule has 5 nitrogen and oxygen atoms in total. The molecule has 1 saturated carbocycles. The number of nitrogens with zero attached hydrogens (tertiary/aromatic N) is 2. The van der Waals surface area contributed by atoms with Crippen LogP contribution in [0.4, 0.5) is 4.79 Å². The summed E-state index contributed by atoms with van der Waals surface area (Å²) >= 11 is 1.68. The van der Waals surface area contributed by atoms with Gasteiger partial charge in [0.15, 0.2) is 0 Å². The Morgan fingerprint density at radius 2 is 2.27 bits per heavy atom. The van der Waals surface area contributed by atoms with Crippen molar-refractivity contribution in [2.75, 3.05) is 20.1 Å². The second-order valence-corrected chi connectivity index (χ2v) is 7.15. The molecule has 1 aromatic heterocycles. The summed E-state index contributed by atoms with van der Waals surface area (Å²) in [4.78, 5) is 18.2. The molecule has 2 N–H and O–H groups in total. The van der Waals surface area contributed by atoms with Gasteiger partial charge < -0.3 is 15.3 Å². The van der Waals surface area contributed by atoms with Gasteiger partial charge in [0.1, 0.15) is 0 Å². The Morgan fingerprint density at radius 1 is 1.50 bits per heavy atom. The van der Waals surface area contributed by atoms with Crippen LogP contribution in [0.25, 0.3) is 0 Å². The molecule has 1 aliphatic carbocycles. The first-order valence-electron chi connectivity index (χ1n) is 8.14. The zero-order valence-corrected chi connectivity index (χ0v) is 14.4. The lowest BCUT2D eigenvalue weighted by molar-refractivity contribution is 0.0565. The number of thiazole rings is 1. The number of hydrogen-bond acceptors (Lipinski definition) is 4. The van der Waals surface area contributed by atoms with Gasteiger partial charge in [-0.1, -0.05) is 12.8 Å². The minimum absolute atomic E-state index is 0.0481. The van der Waals surface area contributed by atoms with E-state index in [1.54, 1.807) is 23.3 Å². The summed E-state index contributed by atoms with van der Waals surface area (Å²) in [6.45, 7) is 3.30. The second kappa shape index (κ2) is 8.48. The molecule has 0 aliphatic heterocycles. The Balaban J connectivity index is 1.63. The summed E-state index contributed by atoms with van der Waals surface area (Å²) in [6.07, 6.45) is 5.70. The smallest absolute Gasteiger partial charge is 0.317 e. The van der Waals surface area contributed by atoms with E-state index in [0.29, 0.717) is 13.1 Å². The van der Waals surface area contributed by atoms with E-state index in [4.69, 9.17) is 0 Å². The number of carbonyl (C=O) groups is 1. The monoisotopic (exact) mass is 325 g/mol. The second-order valence-electron chi connectivity index (χ2n) is 6.21. The molecule has 2 atom stereocenters. The van der Waals surface area contributed by atoms with Gasteiger partial charge >= 0.3 is 6.03 Å². The van der Waals surface area contributed by atoms with E-state index in [-0.39, 0.29) is 18.1 Å². The Bertz CT molecular complexity index is 478. The van der Waals surface area contributed by atoms with E-state index in [9.17, 15) is 9.90 Å². The van der Waals surface area contributed by atoms with E-state index >= 15 is 0 Å². The fourth-order valence-electron chi connectivity index (χ4n) is 2.92. The molecule has 0 radical (unpaired) electrons. The third-order valence-corrected chi connectivity index (χ3v) is 5.26. The number of carbonyl (C=O) groups excluding carboxylic acids is 1. The van der Waals surface area contributed by atoms with Crippen LogP contribution in [0.15, 0.2) is 5.38 Å². The average molecular weight is 325 g/mol. The van der Waals surface area contributed by atoms with E-state index in [0.717, 1.165) is 49.2 Å². The first-order valence-corrected chi connectivity index (χ1v) is 9.02. The zero-order chi connectivity index (χ0) is 15.9. The van der Waals surface area contributed by atoms with Crippen LogP contribution in [0.5, 0.6) is 0 Å². The molecule has 0 bridgehead atoms. The van der Waals surface area contributed by atoms with Crippen LogP contribution in [0.2, 0.25) is 0 Å². The van der Waals surface area contributed by atoms with Crippen LogP contribution < -0.4 is 5.32 Å². The fourth-order valence-corrected chi connectivity index (χ4v) is 3.74. The molecule has 0 spiro atoms. The molecule has 1 heterocycles. The van der Waals surface area contributed by atoms with Crippen molar-refractivity contribution in [3.05, 3.63) is 16.1 Å². The van der Waals surface area contributed by atoms with Crippen molar-refractivity contribution in [3.63, 3.8) is 0 Å². The van der Waals surface area contributed by atoms with Gasteiger partial charge in [0.05, 0.1) is 11.1 Å². The van der Waals surface area contributed by atoms with E-state index < -0.39 is 0 Å². The summed E-state index contributed by atoms with van der Waals surface area (Å²) < 4.78 is 0. The van der Waals surface area contributed by atoms with E-state index in [1.165, 1.54) is 0 Å². The quantitative estimate of drug-likeness (QED) is 0.790. The van der Waals surface area contributed by atoms with Crippen molar-refractivity contribution in [2.24, 2.45) is 5.92 Å². The molecule has 1 aliphatic rings. The number of urea groups is 1. The number of hydrogen-bond donors (Lipinski definition) is 2. The molecule has 1 fully saturated rings. The molecule has 0 saturated heterocycles. The zero-order valence-electron chi connectivity index (χ0n) is 13.5.